The van der Waals surface area contributed by atoms with Gasteiger partial charge in [0.1, 0.15) is 6.17 Å². The van der Waals surface area contributed by atoms with E-state index in [-0.39, 0.29) is 12.1 Å². The topological polar surface area (TPSA) is 32.3 Å². The van der Waals surface area contributed by atoms with Crippen LogP contribution in [0.1, 0.15) is 56.8 Å². The van der Waals surface area contributed by atoms with E-state index in [0.29, 0.717) is 12.6 Å². The number of hydrogen-bond acceptors (Lipinski definition) is 2. The second kappa shape index (κ2) is 6.18. The summed E-state index contributed by atoms with van der Waals surface area (Å²) in [5, 5.41) is 3.40. The third-order valence-corrected chi connectivity index (χ3v) is 5.10. The minimum atomic E-state index is 0.0711. The molecule has 1 amide bonds. The van der Waals surface area contributed by atoms with Crippen molar-refractivity contribution in [2.24, 2.45) is 5.92 Å². The molecule has 1 saturated carbocycles. The van der Waals surface area contributed by atoms with Crippen LogP contribution in [0.4, 0.5) is 0 Å². The summed E-state index contributed by atoms with van der Waals surface area (Å²) in [6, 6.07) is 9.13. The Labute approximate surface area is 127 Å². The summed E-state index contributed by atoms with van der Waals surface area (Å²) in [4.78, 5) is 14.4. The first-order valence-electron chi connectivity index (χ1n) is 8.32. The lowest BCUT2D eigenvalue weighted by Crippen LogP contribution is -2.41. The molecule has 1 aliphatic heterocycles. The Morgan fingerprint density at radius 2 is 1.81 bits per heavy atom. The third-order valence-electron chi connectivity index (χ3n) is 5.10. The Kier molecular flexibility index (Phi) is 4.29. The maximum atomic E-state index is 12.3. The van der Waals surface area contributed by atoms with Crippen LogP contribution in [0.2, 0.25) is 0 Å². The van der Waals surface area contributed by atoms with E-state index < -0.39 is 0 Å². The molecular weight excluding hydrogens is 260 g/mol. The fourth-order valence-corrected chi connectivity index (χ4v) is 3.67. The highest BCUT2D eigenvalue weighted by Gasteiger charge is 2.37. The van der Waals surface area contributed by atoms with Gasteiger partial charge in [-0.3, -0.25) is 10.1 Å². The van der Waals surface area contributed by atoms with Gasteiger partial charge in [0.25, 0.3) is 0 Å². The van der Waals surface area contributed by atoms with Crippen molar-refractivity contribution in [1.82, 2.24) is 10.2 Å². The number of hydrogen-bond donors (Lipinski definition) is 1. The van der Waals surface area contributed by atoms with Gasteiger partial charge in [0, 0.05) is 6.04 Å². The number of carbonyl (C=O) groups excluding carboxylic acids is 1. The highest BCUT2D eigenvalue weighted by atomic mass is 16.2. The highest BCUT2D eigenvalue weighted by molar-refractivity contribution is 5.81. The van der Waals surface area contributed by atoms with Crippen molar-refractivity contribution in [3.05, 3.63) is 35.4 Å². The van der Waals surface area contributed by atoms with Crippen molar-refractivity contribution in [2.75, 3.05) is 6.54 Å². The van der Waals surface area contributed by atoms with Gasteiger partial charge in [0.15, 0.2) is 0 Å². The Morgan fingerprint density at radius 1 is 1.14 bits per heavy atom. The fourth-order valence-electron chi connectivity index (χ4n) is 3.67. The molecule has 1 aromatic rings. The number of benzene rings is 1. The van der Waals surface area contributed by atoms with Gasteiger partial charge in [-0.05, 0) is 49.1 Å². The lowest BCUT2D eigenvalue weighted by Gasteiger charge is -2.37. The van der Waals surface area contributed by atoms with E-state index in [0.717, 1.165) is 25.2 Å². The first-order valence-corrected chi connectivity index (χ1v) is 8.32. The van der Waals surface area contributed by atoms with Crippen LogP contribution >= 0.6 is 0 Å². The molecule has 1 N–H and O–H groups in total. The molecule has 0 spiro atoms. The van der Waals surface area contributed by atoms with Crippen LogP contribution in [0.5, 0.6) is 0 Å². The highest BCUT2D eigenvalue weighted by Crippen LogP contribution is 2.33. The monoisotopic (exact) mass is 286 g/mol. The Hall–Kier alpha value is -1.35. The molecule has 0 aromatic heterocycles. The summed E-state index contributed by atoms with van der Waals surface area (Å²) in [5.41, 5.74) is 2.57. The number of amides is 1. The van der Waals surface area contributed by atoms with Crippen molar-refractivity contribution in [3.8, 4) is 0 Å². The van der Waals surface area contributed by atoms with Crippen LogP contribution in [0, 0.1) is 5.92 Å². The lowest BCUT2D eigenvalue weighted by molar-refractivity contribution is -0.131. The van der Waals surface area contributed by atoms with E-state index in [1.165, 1.54) is 24.0 Å². The zero-order chi connectivity index (χ0) is 14.8. The standard InChI is InChI=1S/C18H26N2O/c1-3-14-6-8-15(9-7-14)18-19-12-17(21)20(18)16-10-4-13(2)5-11-16/h6-9,13,16,18-19H,3-5,10-12H2,1-2H3. The maximum absolute atomic E-state index is 12.3. The maximum Gasteiger partial charge on any atom is 0.238 e. The minimum Gasteiger partial charge on any atom is -0.319 e. The third kappa shape index (κ3) is 2.98. The van der Waals surface area contributed by atoms with Crippen LogP contribution < -0.4 is 5.32 Å². The summed E-state index contributed by atoms with van der Waals surface area (Å²) in [6.45, 7) is 4.97. The molecule has 2 fully saturated rings. The molecule has 1 atom stereocenters. The van der Waals surface area contributed by atoms with Crippen LogP contribution in [-0.2, 0) is 11.2 Å². The number of rotatable bonds is 3. The number of nitrogens with one attached hydrogen (secondary N) is 1. The minimum absolute atomic E-state index is 0.0711. The van der Waals surface area contributed by atoms with Crippen LogP contribution in [-0.4, -0.2) is 23.4 Å². The van der Waals surface area contributed by atoms with E-state index >= 15 is 0 Å². The normalized spacial score (nSPS) is 29.9. The molecule has 1 saturated heterocycles. The van der Waals surface area contributed by atoms with Gasteiger partial charge in [-0.2, -0.15) is 0 Å². The van der Waals surface area contributed by atoms with E-state index in [1.807, 2.05) is 0 Å². The second-order valence-corrected chi connectivity index (χ2v) is 6.59. The van der Waals surface area contributed by atoms with E-state index in [4.69, 9.17) is 0 Å². The second-order valence-electron chi connectivity index (χ2n) is 6.59. The number of nitrogens with zero attached hydrogens (tertiary/aromatic N) is 1. The molecule has 3 rings (SSSR count). The summed E-state index contributed by atoms with van der Waals surface area (Å²) in [5.74, 6) is 1.08. The zero-order valence-corrected chi connectivity index (χ0v) is 13.1. The van der Waals surface area contributed by atoms with Crippen LogP contribution in [0.15, 0.2) is 24.3 Å². The number of carbonyl (C=O) groups is 1. The molecule has 1 aromatic carbocycles. The van der Waals surface area contributed by atoms with Gasteiger partial charge in [-0.25, -0.2) is 0 Å². The average Bonchev–Trinajstić information content (AvgIpc) is 2.90. The predicted molar refractivity (Wildman–Crippen MR) is 84.8 cm³/mol. The van der Waals surface area contributed by atoms with Gasteiger partial charge >= 0.3 is 0 Å². The SMILES string of the molecule is CCc1ccc(C2NCC(=O)N2C2CCC(C)CC2)cc1. The molecule has 2 aliphatic rings. The van der Waals surface area contributed by atoms with Crippen molar-refractivity contribution in [1.29, 1.82) is 0 Å². The van der Waals surface area contributed by atoms with Crippen molar-refractivity contribution < 1.29 is 4.79 Å². The Morgan fingerprint density at radius 3 is 2.43 bits per heavy atom. The lowest BCUT2D eigenvalue weighted by atomic mass is 9.86. The van der Waals surface area contributed by atoms with Gasteiger partial charge in [0.2, 0.25) is 5.91 Å². The molecule has 0 radical (unpaired) electrons. The molecule has 114 valence electrons. The van der Waals surface area contributed by atoms with Crippen LogP contribution in [0.3, 0.4) is 0 Å². The van der Waals surface area contributed by atoms with Crippen molar-refractivity contribution >= 4 is 5.91 Å². The number of aryl methyl sites for hydroxylation is 1. The zero-order valence-electron chi connectivity index (χ0n) is 13.1. The molecule has 1 heterocycles. The van der Waals surface area contributed by atoms with Gasteiger partial charge < -0.3 is 4.90 Å². The predicted octanol–water partition coefficient (Wildman–Crippen LogP) is 3.26. The first-order chi connectivity index (χ1) is 10.2. The molecule has 3 heteroatoms. The van der Waals surface area contributed by atoms with Crippen LogP contribution in [0.25, 0.3) is 0 Å². The van der Waals surface area contributed by atoms with Gasteiger partial charge in [0.05, 0.1) is 6.54 Å². The van der Waals surface area contributed by atoms with Gasteiger partial charge in [-0.15, -0.1) is 0 Å². The molecule has 21 heavy (non-hydrogen) atoms. The molecule has 1 aliphatic carbocycles. The van der Waals surface area contributed by atoms with Gasteiger partial charge in [-0.1, -0.05) is 38.1 Å². The van der Waals surface area contributed by atoms with Crippen molar-refractivity contribution in [3.63, 3.8) is 0 Å². The molecular formula is C18H26N2O. The summed E-state index contributed by atoms with van der Waals surface area (Å²) < 4.78 is 0. The van der Waals surface area contributed by atoms with E-state index in [1.54, 1.807) is 0 Å². The summed E-state index contributed by atoms with van der Waals surface area (Å²) in [6.07, 6.45) is 5.92. The van der Waals surface area contributed by atoms with E-state index in [9.17, 15) is 4.79 Å². The van der Waals surface area contributed by atoms with Crippen molar-refractivity contribution in [2.45, 2.75) is 58.2 Å². The quantitative estimate of drug-likeness (QED) is 0.925. The summed E-state index contributed by atoms with van der Waals surface area (Å²) >= 11 is 0. The van der Waals surface area contributed by atoms with E-state index in [2.05, 4.69) is 48.3 Å². The summed E-state index contributed by atoms with van der Waals surface area (Å²) in [7, 11) is 0. The fraction of sp³-hybridized carbons (Fsp3) is 0.611. The Balaban J connectivity index is 1.78. The largest absolute Gasteiger partial charge is 0.319 e. The first kappa shape index (κ1) is 14.6. The smallest absolute Gasteiger partial charge is 0.238 e. The molecule has 0 bridgehead atoms. The Bertz CT molecular complexity index is 488. The average molecular weight is 286 g/mol. The molecule has 1 unspecified atom stereocenters. The molecule has 3 nitrogen and oxygen atoms in total.